The molecule has 2 N–H and O–H groups in total. The molecule has 1 nitrogen and oxygen atoms in total. The summed E-state index contributed by atoms with van der Waals surface area (Å²) in [5, 5.41) is 0. The average Bonchev–Trinajstić information content (AvgIpc) is 2.03. The Labute approximate surface area is 77.7 Å². The SMILES string of the molecule is CCC[C@@](C)(CC)[C@@H](N)C(C)C. The van der Waals surface area contributed by atoms with Crippen molar-refractivity contribution in [1.82, 2.24) is 0 Å². The Hall–Kier alpha value is -0.0400. The van der Waals surface area contributed by atoms with E-state index in [0.717, 1.165) is 0 Å². The van der Waals surface area contributed by atoms with Crippen molar-refractivity contribution in [3.8, 4) is 0 Å². The molecule has 0 aliphatic carbocycles. The fourth-order valence-corrected chi connectivity index (χ4v) is 1.95. The van der Waals surface area contributed by atoms with E-state index < -0.39 is 0 Å². The molecule has 12 heavy (non-hydrogen) atoms. The molecule has 0 aromatic carbocycles. The zero-order valence-electron chi connectivity index (χ0n) is 9.35. The Morgan fingerprint density at radius 3 is 2.00 bits per heavy atom. The van der Waals surface area contributed by atoms with Gasteiger partial charge in [0.25, 0.3) is 0 Å². The standard InChI is InChI=1S/C11H25N/c1-6-8-11(5,7-2)10(12)9(3)4/h9-10H,6-8,12H2,1-5H3/t10-,11+/m0/s1. The first-order chi connectivity index (χ1) is 5.48. The van der Waals surface area contributed by atoms with Crippen LogP contribution in [-0.4, -0.2) is 6.04 Å². The molecule has 0 heterocycles. The zero-order chi connectivity index (χ0) is 9.78. The van der Waals surface area contributed by atoms with E-state index in [-0.39, 0.29) is 0 Å². The van der Waals surface area contributed by atoms with Crippen LogP contribution in [0.5, 0.6) is 0 Å². The van der Waals surface area contributed by atoms with Crippen molar-refractivity contribution in [2.45, 2.75) is 59.9 Å². The second-order valence-electron chi connectivity index (χ2n) is 4.53. The van der Waals surface area contributed by atoms with Crippen molar-refractivity contribution in [3.05, 3.63) is 0 Å². The minimum Gasteiger partial charge on any atom is -0.327 e. The van der Waals surface area contributed by atoms with Gasteiger partial charge in [-0.05, 0) is 24.2 Å². The van der Waals surface area contributed by atoms with Gasteiger partial charge in [0.15, 0.2) is 0 Å². The lowest BCUT2D eigenvalue weighted by molar-refractivity contribution is 0.181. The molecule has 0 aromatic heterocycles. The van der Waals surface area contributed by atoms with E-state index >= 15 is 0 Å². The average molecular weight is 171 g/mol. The molecule has 0 rings (SSSR count). The van der Waals surface area contributed by atoms with E-state index in [2.05, 4.69) is 34.6 Å². The first-order valence-electron chi connectivity index (χ1n) is 5.23. The van der Waals surface area contributed by atoms with Crippen LogP contribution in [0.4, 0.5) is 0 Å². The molecule has 0 aromatic rings. The van der Waals surface area contributed by atoms with Crippen molar-refractivity contribution in [1.29, 1.82) is 0 Å². The molecule has 0 aliphatic rings. The van der Waals surface area contributed by atoms with Gasteiger partial charge in [-0.1, -0.05) is 41.0 Å². The van der Waals surface area contributed by atoms with Crippen molar-refractivity contribution in [2.24, 2.45) is 17.1 Å². The van der Waals surface area contributed by atoms with Crippen LogP contribution in [0.2, 0.25) is 0 Å². The third kappa shape index (κ3) is 2.78. The van der Waals surface area contributed by atoms with E-state index in [1.165, 1.54) is 19.3 Å². The normalized spacial score (nSPS) is 19.2. The maximum atomic E-state index is 6.19. The predicted octanol–water partition coefficient (Wildman–Crippen LogP) is 3.19. The molecule has 2 atom stereocenters. The van der Waals surface area contributed by atoms with Gasteiger partial charge >= 0.3 is 0 Å². The van der Waals surface area contributed by atoms with Crippen LogP contribution < -0.4 is 5.73 Å². The second kappa shape index (κ2) is 4.86. The monoisotopic (exact) mass is 171 g/mol. The highest BCUT2D eigenvalue weighted by Gasteiger charge is 2.30. The molecule has 0 radical (unpaired) electrons. The molecule has 0 amide bonds. The van der Waals surface area contributed by atoms with Gasteiger partial charge in [-0.25, -0.2) is 0 Å². The molecule has 0 unspecified atom stereocenters. The minimum absolute atomic E-state index is 0.349. The maximum absolute atomic E-state index is 6.19. The quantitative estimate of drug-likeness (QED) is 0.675. The van der Waals surface area contributed by atoms with Gasteiger partial charge in [0, 0.05) is 6.04 Å². The molecule has 0 saturated carbocycles. The Morgan fingerprint density at radius 1 is 1.25 bits per heavy atom. The van der Waals surface area contributed by atoms with E-state index in [4.69, 9.17) is 5.73 Å². The molecule has 1 heteroatoms. The summed E-state index contributed by atoms with van der Waals surface area (Å²) in [5.41, 5.74) is 6.54. The molecule has 74 valence electrons. The number of rotatable bonds is 5. The topological polar surface area (TPSA) is 26.0 Å². The van der Waals surface area contributed by atoms with Crippen molar-refractivity contribution < 1.29 is 0 Å². The molecule has 0 bridgehead atoms. The summed E-state index contributed by atoms with van der Waals surface area (Å²) in [7, 11) is 0. The van der Waals surface area contributed by atoms with E-state index in [0.29, 0.717) is 17.4 Å². The van der Waals surface area contributed by atoms with E-state index in [9.17, 15) is 0 Å². The highest BCUT2D eigenvalue weighted by atomic mass is 14.7. The summed E-state index contributed by atoms with van der Waals surface area (Å²) < 4.78 is 0. The number of nitrogens with two attached hydrogens (primary N) is 1. The highest BCUT2D eigenvalue weighted by Crippen LogP contribution is 2.33. The molecule has 0 saturated heterocycles. The van der Waals surface area contributed by atoms with Crippen LogP contribution in [0, 0.1) is 11.3 Å². The van der Waals surface area contributed by atoms with Gasteiger partial charge in [0.1, 0.15) is 0 Å². The second-order valence-corrected chi connectivity index (χ2v) is 4.53. The summed E-state index contributed by atoms with van der Waals surface area (Å²) in [5.74, 6) is 0.599. The molecule has 0 fully saturated rings. The molecule has 0 aliphatic heterocycles. The molecular formula is C11H25N. The minimum atomic E-state index is 0.349. The fraction of sp³-hybridized carbons (Fsp3) is 1.00. The maximum Gasteiger partial charge on any atom is 0.0116 e. The van der Waals surface area contributed by atoms with Gasteiger partial charge in [-0.15, -0.1) is 0 Å². The number of hydrogen-bond donors (Lipinski definition) is 1. The first-order valence-corrected chi connectivity index (χ1v) is 5.23. The lowest BCUT2D eigenvalue weighted by Crippen LogP contribution is -2.43. The zero-order valence-corrected chi connectivity index (χ0v) is 9.35. The number of hydrogen-bond acceptors (Lipinski definition) is 1. The highest BCUT2D eigenvalue weighted by molar-refractivity contribution is 4.85. The van der Waals surface area contributed by atoms with Crippen LogP contribution in [-0.2, 0) is 0 Å². The van der Waals surface area contributed by atoms with Crippen molar-refractivity contribution in [3.63, 3.8) is 0 Å². The molecular weight excluding hydrogens is 146 g/mol. The summed E-state index contributed by atoms with van der Waals surface area (Å²) in [6, 6.07) is 0.349. The Kier molecular flexibility index (Phi) is 4.84. The molecule has 0 spiro atoms. The Bertz CT molecular complexity index is 120. The Morgan fingerprint density at radius 2 is 1.75 bits per heavy atom. The van der Waals surface area contributed by atoms with Gasteiger partial charge in [-0.3, -0.25) is 0 Å². The summed E-state index contributed by atoms with van der Waals surface area (Å²) in [6.45, 7) is 11.2. The van der Waals surface area contributed by atoms with Gasteiger partial charge in [0.2, 0.25) is 0 Å². The van der Waals surface area contributed by atoms with E-state index in [1.54, 1.807) is 0 Å². The van der Waals surface area contributed by atoms with E-state index in [1.807, 2.05) is 0 Å². The lowest BCUT2D eigenvalue weighted by Gasteiger charge is -2.37. The van der Waals surface area contributed by atoms with Crippen LogP contribution in [0.1, 0.15) is 53.9 Å². The first kappa shape index (κ1) is 12.0. The summed E-state index contributed by atoms with van der Waals surface area (Å²) in [6.07, 6.45) is 3.69. The van der Waals surface area contributed by atoms with Crippen LogP contribution in [0.3, 0.4) is 0 Å². The van der Waals surface area contributed by atoms with Crippen molar-refractivity contribution in [2.75, 3.05) is 0 Å². The lowest BCUT2D eigenvalue weighted by atomic mass is 9.72. The largest absolute Gasteiger partial charge is 0.327 e. The van der Waals surface area contributed by atoms with Gasteiger partial charge in [-0.2, -0.15) is 0 Å². The Balaban J connectivity index is 4.28. The predicted molar refractivity (Wildman–Crippen MR) is 56.1 cm³/mol. The fourth-order valence-electron chi connectivity index (χ4n) is 1.95. The van der Waals surface area contributed by atoms with Gasteiger partial charge in [0.05, 0.1) is 0 Å². The third-order valence-corrected chi connectivity index (χ3v) is 3.15. The van der Waals surface area contributed by atoms with Crippen LogP contribution in [0.25, 0.3) is 0 Å². The summed E-state index contributed by atoms with van der Waals surface area (Å²) in [4.78, 5) is 0. The van der Waals surface area contributed by atoms with Crippen LogP contribution >= 0.6 is 0 Å². The van der Waals surface area contributed by atoms with Crippen LogP contribution in [0.15, 0.2) is 0 Å². The van der Waals surface area contributed by atoms with Gasteiger partial charge < -0.3 is 5.73 Å². The third-order valence-electron chi connectivity index (χ3n) is 3.15. The van der Waals surface area contributed by atoms with Crippen molar-refractivity contribution >= 4 is 0 Å². The smallest absolute Gasteiger partial charge is 0.0116 e. The summed E-state index contributed by atoms with van der Waals surface area (Å²) >= 11 is 0.